The molecule has 0 spiro atoms. The SMILES string of the molecule is C=CCN(CCO)c1ccc(C(C)N)c(Cl)c1. The Morgan fingerprint density at radius 3 is 2.76 bits per heavy atom. The zero-order valence-electron chi connectivity index (χ0n) is 10.1. The van der Waals surface area contributed by atoms with Gasteiger partial charge >= 0.3 is 0 Å². The lowest BCUT2D eigenvalue weighted by Gasteiger charge is -2.23. The van der Waals surface area contributed by atoms with E-state index >= 15 is 0 Å². The van der Waals surface area contributed by atoms with Crippen LogP contribution in [0.4, 0.5) is 5.69 Å². The molecule has 0 bridgehead atoms. The second-order valence-corrected chi connectivity index (χ2v) is 4.36. The van der Waals surface area contributed by atoms with E-state index in [1.165, 1.54) is 0 Å². The molecular weight excluding hydrogens is 236 g/mol. The number of hydrogen-bond acceptors (Lipinski definition) is 3. The molecule has 1 aromatic carbocycles. The molecule has 0 aromatic heterocycles. The summed E-state index contributed by atoms with van der Waals surface area (Å²) in [6.07, 6.45) is 1.79. The van der Waals surface area contributed by atoms with E-state index in [1.54, 1.807) is 6.08 Å². The van der Waals surface area contributed by atoms with E-state index in [4.69, 9.17) is 22.4 Å². The van der Waals surface area contributed by atoms with Crippen LogP contribution >= 0.6 is 11.6 Å². The number of anilines is 1. The lowest BCUT2D eigenvalue weighted by molar-refractivity contribution is 0.303. The fraction of sp³-hybridized carbons (Fsp3) is 0.385. The smallest absolute Gasteiger partial charge is 0.0606 e. The summed E-state index contributed by atoms with van der Waals surface area (Å²) in [5.41, 5.74) is 7.70. The molecular formula is C13H19ClN2O. The van der Waals surface area contributed by atoms with Crippen molar-refractivity contribution in [3.8, 4) is 0 Å². The minimum Gasteiger partial charge on any atom is -0.395 e. The van der Waals surface area contributed by atoms with Gasteiger partial charge in [0.15, 0.2) is 0 Å². The highest BCUT2D eigenvalue weighted by molar-refractivity contribution is 6.31. The molecule has 17 heavy (non-hydrogen) atoms. The van der Waals surface area contributed by atoms with Gasteiger partial charge in [-0.25, -0.2) is 0 Å². The summed E-state index contributed by atoms with van der Waals surface area (Å²) in [4.78, 5) is 2.00. The number of rotatable bonds is 6. The normalized spacial score (nSPS) is 12.2. The van der Waals surface area contributed by atoms with E-state index < -0.39 is 0 Å². The second kappa shape index (κ2) is 6.64. The Labute approximate surface area is 107 Å². The molecule has 3 nitrogen and oxygen atoms in total. The largest absolute Gasteiger partial charge is 0.395 e. The Kier molecular flexibility index (Phi) is 5.48. The van der Waals surface area contributed by atoms with Gasteiger partial charge in [-0.15, -0.1) is 6.58 Å². The van der Waals surface area contributed by atoms with E-state index in [0.717, 1.165) is 11.3 Å². The standard InChI is InChI=1S/C13H19ClN2O/c1-3-6-16(7-8-17)11-4-5-12(10(2)15)13(14)9-11/h3-5,9-10,17H,1,6-8,15H2,2H3. The van der Waals surface area contributed by atoms with Gasteiger partial charge in [0.05, 0.1) is 6.61 Å². The van der Waals surface area contributed by atoms with E-state index in [0.29, 0.717) is 18.1 Å². The van der Waals surface area contributed by atoms with Gasteiger partial charge in [-0.2, -0.15) is 0 Å². The van der Waals surface area contributed by atoms with E-state index in [1.807, 2.05) is 30.0 Å². The van der Waals surface area contributed by atoms with Crippen LogP contribution in [0.3, 0.4) is 0 Å². The fourth-order valence-corrected chi connectivity index (χ4v) is 2.03. The number of halogens is 1. The molecule has 1 rings (SSSR count). The highest BCUT2D eigenvalue weighted by Gasteiger charge is 2.09. The van der Waals surface area contributed by atoms with Crippen molar-refractivity contribution in [2.45, 2.75) is 13.0 Å². The topological polar surface area (TPSA) is 49.5 Å². The minimum atomic E-state index is -0.0813. The molecule has 3 N–H and O–H groups in total. The first kappa shape index (κ1) is 14.0. The molecule has 1 unspecified atom stereocenters. The third-order valence-electron chi connectivity index (χ3n) is 2.56. The molecule has 0 fully saturated rings. The Bertz CT molecular complexity index is 380. The summed E-state index contributed by atoms with van der Waals surface area (Å²) in [5, 5.41) is 9.66. The van der Waals surface area contributed by atoms with Gasteiger partial charge in [-0.05, 0) is 24.6 Å². The minimum absolute atomic E-state index is 0.0813. The molecule has 0 heterocycles. The zero-order valence-corrected chi connectivity index (χ0v) is 10.8. The van der Waals surface area contributed by atoms with Crippen LogP contribution in [0.25, 0.3) is 0 Å². The predicted molar refractivity (Wildman–Crippen MR) is 73.6 cm³/mol. The van der Waals surface area contributed by atoms with Gasteiger partial charge in [-0.3, -0.25) is 0 Å². The summed E-state index contributed by atoms with van der Waals surface area (Å²) in [5.74, 6) is 0. The molecule has 1 aromatic rings. The third-order valence-corrected chi connectivity index (χ3v) is 2.89. The van der Waals surface area contributed by atoms with E-state index in [-0.39, 0.29) is 12.6 Å². The van der Waals surface area contributed by atoms with Crippen LogP contribution in [0.1, 0.15) is 18.5 Å². The molecule has 1 atom stereocenters. The van der Waals surface area contributed by atoms with Crippen LogP contribution in [-0.2, 0) is 0 Å². The molecule has 94 valence electrons. The second-order valence-electron chi connectivity index (χ2n) is 3.95. The van der Waals surface area contributed by atoms with Crippen molar-refractivity contribution in [2.24, 2.45) is 5.73 Å². The number of hydrogen-bond donors (Lipinski definition) is 2. The molecule has 0 aliphatic rings. The first-order chi connectivity index (χ1) is 8.10. The molecule has 0 aliphatic carbocycles. The van der Waals surface area contributed by atoms with Gasteiger partial charge in [0.1, 0.15) is 0 Å². The van der Waals surface area contributed by atoms with E-state index in [2.05, 4.69) is 6.58 Å². The zero-order chi connectivity index (χ0) is 12.8. The summed E-state index contributed by atoms with van der Waals surface area (Å²) >= 11 is 6.17. The average molecular weight is 255 g/mol. The summed E-state index contributed by atoms with van der Waals surface area (Å²) in [6, 6.07) is 5.68. The molecule has 0 radical (unpaired) electrons. The number of nitrogens with zero attached hydrogens (tertiary/aromatic N) is 1. The summed E-state index contributed by atoms with van der Waals surface area (Å²) in [7, 11) is 0. The Morgan fingerprint density at radius 2 is 2.29 bits per heavy atom. The quantitative estimate of drug-likeness (QED) is 0.767. The van der Waals surface area contributed by atoms with Crippen LogP contribution in [0, 0.1) is 0 Å². The number of aliphatic hydroxyl groups excluding tert-OH is 1. The van der Waals surface area contributed by atoms with E-state index in [9.17, 15) is 0 Å². The fourth-order valence-electron chi connectivity index (χ4n) is 1.68. The van der Waals surface area contributed by atoms with Crippen LogP contribution in [0.15, 0.2) is 30.9 Å². The Balaban J connectivity index is 2.97. The molecule has 0 saturated carbocycles. The average Bonchev–Trinajstić information content (AvgIpc) is 2.28. The maximum atomic E-state index is 9.01. The maximum absolute atomic E-state index is 9.01. The lowest BCUT2D eigenvalue weighted by Crippen LogP contribution is -2.26. The predicted octanol–water partition coefficient (Wildman–Crippen LogP) is 2.34. The summed E-state index contributed by atoms with van der Waals surface area (Å²) in [6.45, 7) is 6.93. The number of benzene rings is 1. The van der Waals surface area contributed by atoms with Crippen molar-refractivity contribution in [2.75, 3.05) is 24.6 Å². The van der Waals surface area contributed by atoms with Crippen LogP contribution in [0.5, 0.6) is 0 Å². The van der Waals surface area contributed by atoms with Gasteiger partial charge in [-0.1, -0.05) is 23.7 Å². The monoisotopic (exact) mass is 254 g/mol. The molecule has 0 saturated heterocycles. The van der Waals surface area contributed by atoms with Crippen molar-refractivity contribution in [3.05, 3.63) is 41.4 Å². The first-order valence-electron chi connectivity index (χ1n) is 5.62. The molecule has 0 aliphatic heterocycles. The van der Waals surface area contributed by atoms with Crippen molar-refractivity contribution in [1.82, 2.24) is 0 Å². The molecule has 4 heteroatoms. The lowest BCUT2D eigenvalue weighted by atomic mass is 10.1. The Morgan fingerprint density at radius 1 is 1.59 bits per heavy atom. The van der Waals surface area contributed by atoms with Crippen LogP contribution < -0.4 is 10.6 Å². The van der Waals surface area contributed by atoms with Crippen LogP contribution in [-0.4, -0.2) is 24.8 Å². The highest BCUT2D eigenvalue weighted by atomic mass is 35.5. The Hall–Kier alpha value is -1.03. The maximum Gasteiger partial charge on any atom is 0.0606 e. The highest BCUT2D eigenvalue weighted by Crippen LogP contribution is 2.26. The van der Waals surface area contributed by atoms with Crippen LogP contribution in [0.2, 0.25) is 5.02 Å². The molecule has 0 amide bonds. The van der Waals surface area contributed by atoms with Gasteiger partial charge in [0.25, 0.3) is 0 Å². The van der Waals surface area contributed by atoms with Gasteiger partial charge in [0.2, 0.25) is 0 Å². The van der Waals surface area contributed by atoms with Crippen molar-refractivity contribution < 1.29 is 5.11 Å². The van der Waals surface area contributed by atoms with Crippen molar-refractivity contribution >= 4 is 17.3 Å². The van der Waals surface area contributed by atoms with Gasteiger partial charge < -0.3 is 15.7 Å². The number of aliphatic hydroxyl groups is 1. The number of nitrogens with two attached hydrogens (primary N) is 1. The third kappa shape index (κ3) is 3.73. The first-order valence-corrected chi connectivity index (χ1v) is 5.99. The summed E-state index contributed by atoms with van der Waals surface area (Å²) < 4.78 is 0. The van der Waals surface area contributed by atoms with Gasteiger partial charge in [0, 0.05) is 29.8 Å². The van der Waals surface area contributed by atoms with Crippen molar-refractivity contribution in [3.63, 3.8) is 0 Å². The van der Waals surface area contributed by atoms with Crippen molar-refractivity contribution in [1.29, 1.82) is 0 Å².